The molecule has 4 heteroatoms. The van der Waals surface area contributed by atoms with Gasteiger partial charge in [0.05, 0.1) is 6.10 Å². The molecule has 0 radical (unpaired) electrons. The summed E-state index contributed by atoms with van der Waals surface area (Å²) in [5.41, 5.74) is 0.541. The van der Waals surface area contributed by atoms with Crippen molar-refractivity contribution in [3.8, 4) is 0 Å². The van der Waals surface area contributed by atoms with Gasteiger partial charge in [0.1, 0.15) is 5.54 Å². The SMILES string of the molecule is CCNC1(C(=O)O)CCC(OCCCc2ccccc2)C1. The number of nitrogens with one attached hydrogen (secondary N) is 1. The van der Waals surface area contributed by atoms with Gasteiger partial charge in [-0.05, 0) is 37.8 Å². The van der Waals surface area contributed by atoms with E-state index in [0.717, 1.165) is 19.3 Å². The van der Waals surface area contributed by atoms with Crippen molar-refractivity contribution in [2.75, 3.05) is 13.2 Å². The van der Waals surface area contributed by atoms with Gasteiger partial charge in [0.15, 0.2) is 0 Å². The van der Waals surface area contributed by atoms with Crippen LogP contribution >= 0.6 is 0 Å². The molecule has 2 rings (SSSR count). The number of likely N-dealkylation sites (N-methyl/N-ethyl adjacent to an activating group) is 1. The summed E-state index contributed by atoms with van der Waals surface area (Å²) < 4.78 is 5.87. The Morgan fingerprint density at radius 2 is 2.19 bits per heavy atom. The number of aryl methyl sites for hydroxylation is 1. The Kier molecular flexibility index (Phi) is 5.76. The molecule has 1 fully saturated rings. The minimum Gasteiger partial charge on any atom is -0.480 e. The van der Waals surface area contributed by atoms with E-state index in [1.54, 1.807) is 0 Å². The molecule has 2 atom stereocenters. The van der Waals surface area contributed by atoms with Crippen LogP contribution in [0.5, 0.6) is 0 Å². The first-order chi connectivity index (χ1) is 10.2. The minimum atomic E-state index is -0.779. The molecule has 0 heterocycles. The number of aliphatic carboxylic acids is 1. The largest absolute Gasteiger partial charge is 0.480 e. The van der Waals surface area contributed by atoms with E-state index < -0.39 is 11.5 Å². The lowest BCUT2D eigenvalue weighted by molar-refractivity contribution is -0.145. The van der Waals surface area contributed by atoms with E-state index >= 15 is 0 Å². The third-order valence-corrected chi connectivity index (χ3v) is 4.20. The maximum absolute atomic E-state index is 11.5. The first kappa shape index (κ1) is 16.0. The molecule has 0 aliphatic heterocycles. The van der Waals surface area contributed by atoms with Crippen LogP contribution < -0.4 is 5.32 Å². The summed E-state index contributed by atoms with van der Waals surface area (Å²) in [6.45, 7) is 3.31. The normalized spacial score (nSPS) is 25.1. The van der Waals surface area contributed by atoms with Gasteiger partial charge in [-0.3, -0.25) is 4.79 Å². The zero-order valence-corrected chi connectivity index (χ0v) is 12.7. The topological polar surface area (TPSA) is 58.6 Å². The summed E-state index contributed by atoms with van der Waals surface area (Å²) in [6, 6.07) is 10.4. The minimum absolute atomic E-state index is 0.0657. The van der Waals surface area contributed by atoms with E-state index in [1.807, 2.05) is 25.1 Å². The molecule has 1 aliphatic carbocycles. The molecular weight excluding hydrogens is 266 g/mol. The van der Waals surface area contributed by atoms with Crippen molar-refractivity contribution in [1.82, 2.24) is 5.32 Å². The van der Waals surface area contributed by atoms with E-state index in [0.29, 0.717) is 26.0 Å². The highest BCUT2D eigenvalue weighted by Gasteiger charge is 2.45. The Hall–Kier alpha value is -1.39. The average molecular weight is 291 g/mol. The predicted octanol–water partition coefficient (Wildman–Crippen LogP) is 2.62. The molecule has 1 aliphatic rings. The number of ether oxygens (including phenoxy) is 1. The molecule has 2 unspecified atom stereocenters. The molecule has 0 amide bonds. The van der Waals surface area contributed by atoms with E-state index in [9.17, 15) is 9.90 Å². The van der Waals surface area contributed by atoms with Crippen molar-refractivity contribution in [3.63, 3.8) is 0 Å². The molecule has 21 heavy (non-hydrogen) atoms. The van der Waals surface area contributed by atoms with Gasteiger partial charge in [0.2, 0.25) is 0 Å². The van der Waals surface area contributed by atoms with E-state index in [-0.39, 0.29) is 6.10 Å². The van der Waals surface area contributed by atoms with Crippen LogP contribution in [0.1, 0.15) is 38.2 Å². The van der Waals surface area contributed by atoms with Crippen LogP contribution in [0.15, 0.2) is 30.3 Å². The first-order valence-electron chi connectivity index (χ1n) is 7.80. The Labute approximate surface area is 126 Å². The van der Waals surface area contributed by atoms with Gasteiger partial charge in [-0.2, -0.15) is 0 Å². The van der Waals surface area contributed by atoms with Crippen molar-refractivity contribution in [1.29, 1.82) is 0 Å². The van der Waals surface area contributed by atoms with Crippen LogP contribution in [0.2, 0.25) is 0 Å². The lowest BCUT2D eigenvalue weighted by Gasteiger charge is -2.25. The van der Waals surface area contributed by atoms with Crippen molar-refractivity contribution in [2.24, 2.45) is 0 Å². The number of carbonyl (C=O) groups is 1. The van der Waals surface area contributed by atoms with Crippen molar-refractivity contribution >= 4 is 5.97 Å². The Bertz CT molecular complexity index is 449. The molecule has 2 N–H and O–H groups in total. The third-order valence-electron chi connectivity index (χ3n) is 4.20. The summed E-state index contributed by atoms with van der Waals surface area (Å²) in [5, 5.41) is 12.5. The standard InChI is InChI=1S/C17H25NO3/c1-2-18-17(16(19)20)11-10-15(13-17)21-12-6-9-14-7-4-3-5-8-14/h3-5,7-8,15,18H,2,6,9-13H2,1H3,(H,19,20). The smallest absolute Gasteiger partial charge is 0.323 e. The van der Waals surface area contributed by atoms with Gasteiger partial charge in [-0.25, -0.2) is 0 Å². The highest BCUT2D eigenvalue weighted by molar-refractivity contribution is 5.79. The second-order valence-electron chi connectivity index (χ2n) is 5.74. The van der Waals surface area contributed by atoms with Crippen molar-refractivity contribution in [2.45, 2.75) is 50.7 Å². The van der Waals surface area contributed by atoms with Gasteiger partial charge >= 0.3 is 5.97 Å². The molecule has 116 valence electrons. The zero-order chi connectivity index (χ0) is 15.1. The highest BCUT2D eigenvalue weighted by Crippen LogP contribution is 2.32. The van der Waals surface area contributed by atoms with Crippen LogP contribution in [-0.4, -0.2) is 35.9 Å². The van der Waals surface area contributed by atoms with Crippen LogP contribution in [0, 0.1) is 0 Å². The molecule has 1 saturated carbocycles. The number of hydrogen-bond donors (Lipinski definition) is 2. The fraction of sp³-hybridized carbons (Fsp3) is 0.588. The van der Waals surface area contributed by atoms with Crippen molar-refractivity contribution in [3.05, 3.63) is 35.9 Å². The molecule has 1 aromatic carbocycles. The average Bonchev–Trinajstić information content (AvgIpc) is 2.90. The van der Waals surface area contributed by atoms with Gasteiger partial charge in [0, 0.05) is 13.0 Å². The van der Waals surface area contributed by atoms with Crippen LogP contribution in [0.25, 0.3) is 0 Å². The van der Waals surface area contributed by atoms with Gasteiger partial charge in [0.25, 0.3) is 0 Å². The maximum atomic E-state index is 11.5. The second kappa shape index (κ2) is 7.57. The van der Waals surface area contributed by atoms with Gasteiger partial charge in [-0.1, -0.05) is 37.3 Å². The third kappa shape index (κ3) is 4.29. The number of carboxylic acid groups (broad SMARTS) is 1. The van der Waals surface area contributed by atoms with E-state index in [2.05, 4.69) is 17.4 Å². The fourth-order valence-corrected chi connectivity index (χ4v) is 3.08. The molecule has 4 nitrogen and oxygen atoms in total. The lowest BCUT2D eigenvalue weighted by Crippen LogP contribution is -2.50. The number of hydrogen-bond acceptors (Lipinski definition) is 3. The number of rotatable bonds is 8. The first-order valence-corrected chi connectivity index (χ1v) is 7.80. The number of carboxylic acids is 1. The summed E-state index contributed by atoms with van der Waals surface area (Å²) in [7, 11) is 0. The Morgan fingerprint density at radius 1 is 1.43 bits per heavy atom. The van der Waals surface area contributed by atoms with Crippen LogP contribution in [0.3, 0.4) is 0 Å². The van der Waals surface area contributed by atoms with Crippen LogP contribution in [0.4, 0.5) is 0 Å². The van der Waals surface area contributed by atoms with Gasteiger partial charge in [-0.15, -0.1) is 0 Å². The predicted molar refractivity (Wildman–Crippen MR) is 82.4 cm³/mol. The van der Waals surface area contributed by atoms with Crippen LogP contribution in [-0.2, 0) is 16.0 Å². The Balaban J connectivity index is 1.71. The summed E-state index contributed by atoms with van der Waals surface area (Å²) in [4.78, 5) is 11.5. The molecule has 0 aromatic heterocycles. The lowest BCUT2D eigenvalue weighted by atomic mass is 9.98. The van der Waals surface area contributed by atoms with Crippen molar-refractivity contribution < 1.29 is 14.6 Å². The Morgan fingerprint density at radius 3 is 2.86 bits per heavy atom. The van der Waals surface area contributed by atoms with E-state index in [4.69, 9.17) is 4.74 Å². The monoisotopic (exact) mass is 291 g/mol. The molecule has 0 saturated heterocycles. The summed E-state index contributed by atoms with van der Waals surface area (Å²) in [6.07, 6.45) is 4.09. The highest BCUT2D eigenvalue weighted by atomic mass is 16.5. The molecule has 0 spiro atoms. The van der Waals surface area contributed by atoms with E-state index in [1.165, 1.54) is 5.56 Å². The summed E-state index contributed by atoms with van der Waals surface area (Å²) in [5.74, 6) is -0.750. The maximum Gasteiger partial charge on any atom is 0.323 e. The number of benzene rings is 1. The van der Waals surface area contributed by atoms with Gasteiger partial charge < -0.3 is 15.2 Å². The quantitative estimate of drug-likeness (QED) is 0.723. The molecule has 1 aromatic rings. The fourth-order valence-electron chi connectivity index (χ4n) is 3.08. The second-order valence-corrected chi connectivity index (χ2v) is 5.74. The molecular formula is C17H25NO3. The summed E-state index contributed by atoms with van der Waals surface area (Å²) >= 11 is 0. The molecule has 0 bridgehead atoms. The zero-order valence-electron chi connectivity index (χ0n) is 12.7.